The predicted octanol–water partition coefficient (Wildman–Crippen LogP) is 3.08. The number of halogens is 2. The molecule has 1 aliphatic carbocycles. The standard InChI is InChI=1S/C15H20NO2.C8H4BrClO.K/c1-11-8-9-13(10-14(11)18-2)16-15(17)12-6-4-3-5-7-12;1-5-6(4-11)8(10)3-2-7(5)9;/h3,8-10,12H,4-7H2,1-2H3,(H,16,17);2-3H,1H2;/q-1;-2;+1. The van der Waals surface area contributed by atoms with Gasteiger partial charge >= 0.3 is 51.4 Å². The van der Waals surface area contributed by atoms with E-state index in [0.717, 1.165) is 47.2 Å². The van der Waals surface area contributed by atoms with Gasteiger partial charge in [0, 0.05) is 17.7 Å². The third-order valence-corrected chi connectivity index (χ3v) is 5.85. The van der Waals surface area contributed by atoms with Crippen molar-refractivity contribution in [2.45, 2.75) is 32.6 Å². The van der Waals surface area contributed by atoms with Gasteiger partial charge in [-0.25, -0.2) is 5.56 Å². The molecule has 0 bridgehead atoms. The van der Waals surface area contributed by atoms with E-state index in [2.05, 4.69) is 34.6 Å². The van der Waals surface area contributed by atoms with Crippen LogP contribution in [0.15, 0.2) is 34.8 Å². The number of anilines is 1. The maximum absolute atomic E-state index is 12.1. The molecular weight excluding hydrogens is 493 g/mol. The van der Waals surface area contributed by atoms with Gasteiger partial charge in [0.2, 0.25) is 5.91 Å². The molecule has 156 valence electrons. The first-order chi connectivity index (χ1) is 13.9. The zero-order valence-electron chi connectivity index (χ0n) is 17.6. The number of aryl methyl sites for hydroxylation is 1. The number of hydrogen-bond donors (Lipinski definition) is 1. The van der Waals surface area contributed by atoms with Gasteiger partial charge in [-0.05, 0) is 24.8 Å². The molecule has 0 unspecified atom stereocenters. The third-order valence-electron chi connectivity index (χ3n) is 4.79. The monoisotopic (exact) mass is 515 g/mol. The molecule has 1 saturated carbocycles. The molecule has 4 nitrogen and oxygen atoms in total. The molecule has 7 heteroatoms. The molecule has 0 radical (unpaired) electrons. The van der Waals surface area contributed by atoms with Gasteiger partial charge in [-0.1, -0.05) is 18.9 Å². The number of benzene rings is 2. The summed E-state index contributed by atoms with van der Waals surface area (Å²) in [6.07, 6.45) is 8.03. The van der Waals surface area contributed by atoms with E-state index in [9.17, 15) is 9.59 Å². The van der Waals surface area contributed by atoms with E-state index in [1.165, 1.54) is 0 Å². The Morgan fingerprint density at radius 3 is 2.53 bits per heavy atom. The van der Waals surface area contributed by atoms with E-state index in [-0.39, 0.29) is 63.2 Å². The fraction of sp³-hybridized carbons (Fsp3) is 0.304. The second kappa shape index (κ2) is 13.9. The number of methoxy groups -OCH3 is 1. The minimum atomic E-state index is 0. The Bertz CT molecular complexity index is 870. The minimum absolute atomic E-state index is 0. The van der Waals surface area contributed by atoms with E-state index in [4.69, 9.17) is 16.3 Å². The minimum Gasteiger partial charge on any atom is -0.496 e. The molecule has 0 atom stereocenters. The summed E-state index contributed by atoms with van der Waals surface area (Å²) < 4.78 is 6.02. The van der Waals surface area contributed by atoms with Crippen LogP contribution in [0.25, 0.3) is 0 Å². The number of ether oxygens (including phenoxy) is 1. The number of carbonyl (C=O) groups excluding carboxylic acids is 2. The van der Waals surface area contributed by atoms with Crippen molar-refractivity contribution in [1.82, 2.24) is 0 Å². The van der Waals surface area contributed by atoms with E-state index in [1.807, 2.05) is 25.1 Å². The smallest absolute Gasteiger partial charge is 0.496 e. The van der Waals surface area contributed by atoms with Crippen molar-refractivity contribution in [3.05, 3.63) is 69.9 Å². The molecule has 0 heterocycles. The molecule has 2 aromatic rings. The summed E-state index contributed by atoms with van der Waals surface area (Å²) in [4.78, 5) is 22.4. The van der Waals surface area contributed by atoms with Crippen molar-refractivity contribution < 1.29 is 65.7 Å². The van der Waals surface area contributed by atoms with Crippen LogP contribution in [0.3, 0.4) is 0 Å². The van der Waals surface area contributed by atoms with E-state index < -0.39 is 0 Å². The van der Waals surface area contributed by atoms with Gasteiger partial charge in [0.05, 0.1) is 7.11 Å². The Morgan fingerprint density at radius 1 is 1.30 bits per heavy atom. The Morgan fingerprint density at radius 2 is 1.97 bits per heavy atom. The summed E-state index contributed by atoms with van der Waals surface area (Å²) in [6, 6.07) is 9.13. The number of nitrogens with one attached hydrogen (secondary N) is 1. The quantitative estimate of drug-likeness (QED) is 0.502. The van der Waals surface area contributed by atoms with Crippen molar-refractivity contribution >= 4 is 45.4 Å². The summed E-state index contributed by atoms with van der Waals surface area (Å²) in [6.45, 7) is 5.65. The topological polar surface area (TPSA) is 55.4 Å². The van der Waals surface area contributed by atoms with Crippen LogP contribution < -0.4 is 61.4 Å². The number of carbonyl (C=O) groups is 1. The molecule has 0 aliphatic heterocycles. The van der Waals surface area contributed by atoms with Gasteiger partial charge in [0.1, 0.15) is 5.75 Å². The summed E-state index contributed by atoms with van der Waals surface area (Å²) in [7, 11) is 1.64. The molecule has 1 aliphatic rings. The Hall–Kier alpha value is -0.344. The van der Waals surface area contributed by atoms with Crippen molar-refractivity contribution in [3.8, 4) is 5.75 Å². The van der Waals surface area contributed by atoms with Gasteiger partial charge in [0.25, 0.3) is 0 Å². The van der Waals surface area contributed by atoms with Crippen molar-refractivity contribution in [1.29, 1.82) is 0 Å². The molecule has 2 aromatic carbocycles. The summed E-state index contributed by atoms with van der Waals surface area (Å²) in [5, 5.41) is 3.36. The maximum Gasteiger partial charge on any atom is 1.00 e. The first kappa shape index (κ1) is 27.7. The third kappa shape index (κ3) is 7.97. The molecule has 0 spiro atoms. The van der Waals surface area contributed by atoms with Gasteiger partial charge in [-0.2, -0.15) is 24.4 Å². The Balaban J connectivity index is 0.000000324. The fourth-order valence-corrected chi connectivity index (χ4v) is 3.58. The number of amides is 1. The first-order valence-electron chi connectivity index (χ1n) is 9.32. The second-order valence-electron chi connectivity index (χ2n) is 6.80. The van der Waals surface area contributed by atoms with Gasteiger partial charge in [0.15, 0.2) is 0 Å². The SMILES string of the molecule is COc1cc(NC(=O)C2CC[CH-]CC2)ccc1C.[CH2-]c1c(Br)ccc(Cl)c1[C-]=O.[K+]. The van der Waals surface area contributed by atoms with Gasteiger partial charge in [-0.3, -0.25) is 17.3 Å². The summed E-state index contributed by atoms with van der Waals surface area (Å²) in [5.41, 5.74) is 2.79. The maximum atomic E-state index is 12.1. The van der Waals surface area contributed by atoms with E-state index in [0.29, 0.717) is 16.1 Å². The zero-order chi connectivity index (χ0) is 21.4. The largest absolute Gasteiger partial charge is 1.00 e. The van der Waals surface area contributed by atoms with E-state index in [1.54, 1.807) is 25.5 Å². The van der Waals surface area contributed by atoms with Gasteiger partial charge in [-0.15, -0.1) is 37.6 Å². The summed E-state index contributed by atoms with van der Waals surface area (Å²) >= 11 is 8.90. The zero-order valence-corrected chi connectivity index (χ0v) is 23.0. The first-order valence-corrected chi connectivity index (χ1v) is 10.5. The molecule has 30 heavy (non-hydrogen) atoms. The molecule has 0 saturated heterocycles. The molecule has 1 N–H and O–H groups in total. The van der Waals surface area contributed by atoms with Crippen LogP contribution in [-0.4, -0.2) is 19.3 Å². The number of rotatable bonds is 4. The predicted molar refractivity (Wildman–Crippen MR) is 121 cm³/mol. The van der Waals surface area contributed by atoms with Crippen LogP contribution in [0.1, 0.15) is 42.4 Å². The van der Waals surface area contributed by atoms with Crippen molar-refractivity contribution in [2.24, 2.45) is 5.92 Å². The number of hydrogen-bond acceptors (Lipinski definition) is 3. The molecule has 3 rings (SSSR count). The van der Waals surface area contributed by atoms with Gasteiger partial charge < -0.3 is 21.3 Å². The average Bonchev–Trinajstić information content (AvgIpc) is 2.74. The van der Waals surface area contributed by atoms with E-state index >= 15 is 0 Å². The Kier molecular flexibility index (Phi) is 12.9. The average molecular weight is 517 g/mol. The molecule has 1 fully saturated rings. The van der Waals surface area contributed by atoms with Crippen LogP contribution >= 0.6 is 27.5 Å². The fourth-order valence-electron chi connectivity index (χ4n) is 3.04. The molecule has 0 aromatic heterocycles. The van der Waals surface area contributed by atoms with Crippen LogP contribution in [0.2, 0.25) is 5.02 Å². The molecule has 1 amide bonds. The second-order valence-corrected chi connectivity index (χ2v) is 8.06. The van der Waals surface area contributed by atoms with Crippen LogP contribution in [0.4, 0.5) is 5.69 Å². The summed E-state index contributed by atoms with van der Waals surface area (Å²) in [5.74, 6) is 1.10. The van der Waals surface area contributed by atoms with Crippen LogP contribution in [0, 0.1) is 26.2 Å². The Labute approximate surface area is 235 Å². The van der Waals surface area contributed by atoms with Crippen LogP contribution in [0.5, 0.6) is 5.75 Å². The molecular formula is C23H24BrClKNO3-2. The van der Waals surface area contributed by atoms with Crippen LogP contribution in [-0.2, 0) is 9.59 Å². The van der Waals surface area contributed by atoms with Crippen molar-refractivity contribution in [2.75, 3.05) is 12.4 Å². The van der Waals surface area contributed by atoms with Crippen molar-refractivity contribution in [3.63, 3.8) is 0 Å². The normalized spacial score (nSPS) is 13.3.